The number of aryl methyl sites for hydroxylation is 2. The third-order valence-corrected chi connectivity index (χ3v) is 3.82. The number of fused-ring (bicyclic) bond motifs is 1. The van der Waals surface area contributed by atoms with E-state index in [4.69, 9.17) is 4.98 Å². The molecule has 2 aromatic rings. The smallest absolute Gasteiger partial charge is 0.0868 e. The van der Waals surface area contributed by atoms with Gasteiger partial charge in [-0.05, 0) is 66.4 Å². The molecule has 1 N–H and O–H groups in total. The molecular weight excluding hydrogens is 288 g/mol. The zero-order valence-corrected chi connectivity index (χ0v) is 13.0. The van der Waals surface area contributed by atoms with Crippen LogP contribution in [0.15, 0.2) is 16.6 Å². The fourth-order valence-electron chi connectivity index (χ4n) is 2.35. The predicted molar refractivity (Wildman–Crippen MR) is 82.5 cm³/mol. The highest BCUT2D eigenvalue weighted by Gasteiger charge is 2.12. The summed E-state index contributed by atoms with van der Waals surface area (Å²) >= 11 is 3.63. The van der Waals surface area contributed by atoms with Gasteiger partial charge in [-0.3, -0.25) is 4.98 Å². The maximum Gasteiger partial charge on any atom is 0.0868 e. The van der Waals surface area contributed by atoms with Crippen LogP contribution in [0.1, 0.15) is 30.7 Å². The number of aromatic nitrogens is 1. The van der Waals surface area contributed by atoms with E-state index in [1.807, 2.05) is 0 Å². The Morgan fingerprint density at radius 2 is 1.94 bits per heavy atom. The Hall–Kier alpha value is -1.09. The molecule has 0 amide bonds. The lowest BCUT2D eigenvalue weighted by Gasteiger charge is -2.16. The molecular formula is C15H19BrN2. The quantitative estimate of drug-likeness (QED) is 0.896. The van der Waals surface area contributed by atoms with Crippen molar-refractivity contribution in [2.45, 2.75) is 34.1 Å². The van der Waals surface area contributed by atoms with Gasteiger partial charge >= 0.3 is 0 Å². The van der Waals surface area contributed by atoms with Crippen molar-refractivity contribution in [3.8, 4) is 0 Å². The van der Waals surface area contributed by atoms with E-state index in [2.05, 4.69) is 61.1 Å². The van der Waals surface area contributed by atoms with E-state index in [-0.39, 0.29) is 0 Å². The maximum absolute atomic E-state index is 4.79. The average molecular weight is 307 g/mol. The van der Waals surface area contributed by atoms with Gasteiger partial charge in [-0.1, -0.05) is 6.92 Å². The molecule has 96 valence electrons. The standard InChI is InChI=1S/C15H19BrN2/c1-5-13-10(4)14(17-6-2)11-7-9(3)8-12(16)15(11)18-13/h7-8H,5-6H2,1-4H3,(H,17,18). The summed E-state index contributed by atoms with van der Waals surface area (Å²) in [5, 5.41) is 4.69. The Morgan fingerprint density at radius 3 is 2.56 bits per heavy atom. The van der Waals surface area contributed by atoms with Gasteiger partial charge in [0.25, 0.3) is 0 Å². The number of benzene rings is 1. The summed E-state index contributed by atoms with van der Waals surface area (Å²) in [4.78, 5) is 4.79. The third kappa shape index (κ3) is 2.24. The van der Waals surface area contributed by atoms with E-state index in [1.54, 1.807) is 0 Å². The number of anilines is 1. The number of pyridine rings is 1. The zero-order chi connectivity index (χ0) is 13.3. The van der Waals surface area contributed by atoms with Crippen molar-refractivity contribution in [1.29, 1.82) is 0 Å². The molecule has 0 unspecified atom stereocenters. The molecule has 0 spiro atoms. The van der Waals surface area contributed by atoms with Gasteiger partial charge in [0.05, 0.1) is 5.52 Å². The predicted octanol–water partition coefficient (Wildman–Crippen LogP) is 4.61. The van der Waals surface area contributed by atoms with Crippen LogP contribution in [0.5, 0.6) is 0 Å². The summed E-state index contributed by atoms with van der Waals surface area (Å²) < 4.78 is 1.08. The van der Waals surface area contributed by atoms with Crippen LogP contribution in [0.3, 0.4) is 0 Å². The molecule has 3 heteroatoms. The van der Waals surface area contributed by atoms with Crippen LogP contribution in [0.25, 0.3) is 10.9 Å². The van der Waals surface area contributed by atoms with E-state index in [1.165, 1.54) is 27.9 Å². The van der Waals surface area contributed by atoms with Crippen LogP contribution in [0.4, 0.5) is 5.69 Å². The Morgan fingerprint density at radius 1 is 1.22 bits per heavy atom. The molecule has 0 aliphatic rings. The van der Waals surface area contributed by atoms with Crippen LogP contribution in [0.2, 0.25) is 0 Å². The third-order valence-electron chi connectivity index (χ3n) is 3.22. The van der Waals surface area contributed by atoms with Crippen molar-refractivity contribution in [2.24, 2.45) is 0 Å². The van der Waals surface area contributed by atoms with Crippen LogP contribution >= 0.6 is 15.9 Å². The molecule has 0 aliphatic carbocycles. The van der Waals surface area contributed by atoms with Crippen LogP contribution in [0, 0.1) is 13.8 Å². The van der Waals surface area contributed by atoms with E-state index >= 15 is 0 Å². The van der Waals surface area contributed by atoms with Crippen LogP contribution in [-0.2, 0) is 6.42 Å². The van der Waals surface area contributed by atoms with Gasteiger partial charge in [-0.2, -0.15) is 0 Å². The first-order valence-corrected chi connectivity index (χ1v) is 7.21. The fourth-order valence-corrected chi connectivity index (χ4v) is 3.02. The van der Waals surface area contributed by atoms with Gasteiger partial charge in [0.1, 0.15) is 0 Å². The number of hydrogen-bond donors (Lipinski definition) is 1. The Labute approximate surface area is 117 Å². The minimum absolute atomic E-state index is 0.925. The lowest BCUT2D eigenvalue weighted by molar-refractivity contribution is 1.02. The summed E-state index contributed by atoms with van der Waals surface area (Å²) in [6, 6.07) is 4.33. The SMILES string of the molecule is CCNc1c(C)c(CC)nc2c(Br)cc(C)cc12. The van der Waals surface area contributed by atoms with Crippen LogP contribution in [-0.4, -0.2) is 11.5 Å². The van der Waals surface area contributed by atoms with Crippen molar-refractivity contribution < 1.29 is 0 Å². The monoisotopic (exact) mass is 306 g/mol. The van der Waals surface area contributed by atoms with E-state index in [0.29, 0.717) is 0 Å². The summed E-state index contributed by atoms with van der Waals surface area (Å²) in [5.74, 6) is 0. The second-order valence-electron chi connectivity index (χ2n) is 4.59. The Kier molecular flexibility index (Phi) is 3.91. The minimum atomic E-state index is 0.925. The first kappa shape index (κ1) is 13.3. The number of hydrogen-bond acceptors (Lipinski definition) is 2. The van der Waals surface area contributed by atoms with Crippen molar-refractivity contribution in [1.82, 2.24) is 4.98 Å². The number of halogens is 1. The Balaban J connectivity index is 2.86. The molecule has 1 aromatic carbocycles. The number of rotatable bonds is 3. The maximum atomic E-state index is 4.79. The molecule has 2 nitrogen and oxygen atoms in total. The first-order valence-electron chi connectivity index (χ1n) is 6.41. The highest BCUT2D eigenvalue weighted by Crippen LogP contribution is 2.33. The summed E-state index contributed by atoms with van der Waals surface area (Å²) in [6.45, 7) is 9.47. The lowest BCUT2D eigenvalue weighted by Crippen LogP contribution is -2.04. The molecule has 0 aliphatic heterocycles. The van der Waals surface area contributed by atoms with Crippen molar-refractivity contribution in [3.63, 3.8) is 0 Å². The summed E-state index contributed by atoms with van der Waals surface area (Å²) in [6.07, 6.45) is 0.959. The summed E-state index contributed by atoms with van der Waals surface area (Å²) in [5.41, 5.74) is 5.97. The zero-order valence-electron chi connectivity index (χ0n) is 11.4. The summed E-state index contributed by atoms with van der Waals surface area (Å²) in [7, 11) is 0. The average Bonchev–Trinajstić information content (AvgIpc) is 2.33. The highest BCUT2D eigenvalue weighted by molar-refractivity contribution is 9.10. The molecule has 18 heavy (non-hydrogen) atoms. The molecule has 0 radical (unpaired) electrons. The van der Waals surface area contributed by atoms with Gasteiger partial charge < -0.3 is 5.32 Å². The van der Waals surface area contributed by atoms with Crippen LogP contribution < -0.4 is 5.32 Å². The largest absolute Gasteiger partial charge is 0.385 e. The molecule has 0 saturated carbocycles. The van der Waals surface area contributed by atoms with Crippen molar-refractivity contribution in [2.75, 3.05) is 11.9 Å². The number of nitrogens with zero attached hydrogens (tertiary/aromatic N) is 1. The van der Waals surface area contributed by atoms with Crippen molar-refractivity contribution in [3.05, 3.63) is 33.4 Å². The molecule has 0 atom stereocenters. The fraction of sp³-hybridized carbons (Fsp3) is 0.400. The molecule has 0 bridgehead atoms. The van der Waals surface area contributed by atoms with E-state index < -0.39 is 0 Å². The molecule has 0 saturated heterocycles. The molecule has 1 heterocycles. The van der Waals surface area contributed by atoms with E-state index in [9.17, 15) is 0 Å². The molecule has 1 aromatic heterocycles. The van der Waals surface area contributed by atoms with Gasteiger partial charge in [-0.15, -0.1) is 0 Å². The molecule has 0 fully saturated rings. The lowest BCUT2D eigenvalue weighted by atomic mass is 10.0. The van der Waals surface area contributed by atoms with Gasteiger partial charge in [0, 0.05) is 27.8 Å². The number of nitrogens with one attached hydrogen (secondary N) is 1. The first-order chi connectivity index (χ1) is 8.58. The molecule has 2 rings (SSSR count). The highest BCUT2D eigenvalue weighted by atomic mass is 79.9. The second kappa shape index (κ2) is 5.27. The second-order valence-corrected chi connectivity index (χ2v) is 5.44. The van der Waals surface area contributed by atoms with E-state index in [0.717, 1.165) is 23.0 Å². The Bertz CT molecular complexity index is 591. The van der Waals surface area contributed by atoms with Crippen molar-refractivity contribution >= 4 is 32.5 Å². The van der Waals surface area contributed by atoms with Gasteiger partial charge in [0.15, 0.2) is 0 Å². The topological polar surface area (TPSA) is 24.9 Å². The minimum Gasteiger partial charge on any atom is -0.385 e. The van der Waals surface area contributed by atoms with Gasteiger partial charge in [0.2, 0.25) is 0 Å². The van der Waals surface area contributed by atoms with Gasteiger partial charge in [-0.25, -0.2) is 0 Å². The normalized spacial score (nSPS) is 10.9.